The number of aromatic amines is 2. The van der Waals surface area contributed by atoms with Gasteiger partial charge in [0.2, 0.25) is 11.7 Å². The lowest BCUT2D eigenvalue weighted by Crippen LogP contribution is -2.13. The first-order valence-electron chi connectivity index (χ1n) is 8.81. The Morgan fingerprint density at radius 3 is 2.72 bits per heavy atom. The highest BCUT2D eigenvalue weighted by Gasteiger charge is 2.16. The van der Waals surface area contributed by atoms with Crippen LogP contribution in [0.1, 0.15) is 23.8 Å². The number of aromatic nitrogens is 5. The van der Waals surface area contributed by atoms with E-state index in [1.165, 1.54) is 0 Å². The predicted octanol–water partition coefficient (Wildman–Crippen LogP) is 3.71. The number of benzene rings is 2. The summed E-state index contributed by atoms with van der Waals surface area (Å²) in [6.07, 6.45) is 0.368. The fourth-order valence-electron chi connectivity index (χ4n) is 2.90. The number of hydrogen-bond donors (Lipinski definition) is 4. The van der Waals surface area contributed by atoms with Crippen LogP contribution in [0.15, 0.2) is 46.9 Å². The molecular formula is C19H16BrN7O2. The van der Waals surface area contributed by atoms with Crippen LogP contribution in [-0.2, 0) is 4.79 Å². The van der Waals surface area contributed by atoms with Crippen LogP contribution in [0.2, 0.25) is 0 Å². The van der Waals surface area contributed by atoms with Crippen molar-refractivity contribution in [3.05, 3.63) is 52.6 Å². The topological polar surface area (TPSA) is 128 Å². The number of carbonyl (C=O) groups is 2. The molecule has 146 valence electrons. The van der Waals surface area contributed by atoms with Crippen molar-refractivity contribution in [1.29, 1.82) is 0 Å². The van der Waals surface area contributed by atoms with E-state index in [9.17, 15) is 9.59 Å². The SMILES string of the molecule is CCC(=O)Nc1cccc2cc(C(=O)Nc3ccc(Br)cc3-c3nn[nH]n3)[nH]c12. The van der Waals surface area contributed by atoms with Crippen LogP contribution in [0.25, 0.3) is 22.3 Å². The number of nitrogens with one attached hydrogen (secondary N) is 4. The first-order chi connectivity index (χ1) is 14.0. The monoisotopic (exact) mass is 453 g/mol. The van der Waals surface area contributed by atoms with E-state index < -0.39 is 0 Å². The Morgan fingerprint density at radius 2 is 1.97 bits per heavy atom. The molecule has 2 heterocycles. The molecule has 0 fully saturated rings. The summed E-state index contributed by atoms with van der Waals surface area (Å²) in [5, 5.41) is 20.5. The zero-order chi connectivity index (χ0) is 20.4. The Hall–Kier alpha value is -3.53. The number of anilines is 2. The average molecular weight is 454 g/mol. The highest BCUT2D eigenvalue weighted by molar-refractivity contribution is 9.10. The van der Waals surface area contributed by atoms with Crippen LogP contribution in [0.3, 0.4) is 0 Å². The quantitative estimate of drug-likeness (QED) is 0.366. The smallest absolute Gasteiger partial charge is 0.272 e. The highest BCUT2D eigenvalue weighted by atomic mass is 79.9. The summed E-state index contributed by atoms with van der Waals surface area (Å²) in [6, 6.07) is 12.6. The Labute approximate surface area is 173 Å². The van der Waals surface area contributed by atoms with E-state index in [4.69, 9.17) is 0 Å². The standard InChI is InChI=1S/C19H16BrN7O2/c1-2-16(28)21-14-5-3-4-10-8-15(22-17(10)14)19(29)23-13-7-6-11(20)9-12(13)18-24-26-27-25-18/h3-9,22H,2H2,1H3,(H,21,28)(H,23,29)(H,24,25,26,27). The minimum absolute atomic E-state index is 0.0993. The molecule has 0 radical (unpaired) electrons. The fraction of sp³-hybridized carbons (Fsp3) is 0.105. The van der Waals surface area contributed by atoms with Gasteiger partial charge in [0.25, 0.3) is 5.91 Å². The molecule has 0 aliphatic heterocycles. The van der Waals surface area contributed by atoms with Crippen molar-refractivity contribution in [3.8, 4) is 11.4 Å². The molecule has 29 heavy (non-hydrogen) atoms. The summed E-state index contributed by atoms with van der Waals surface area (Å²) in [6.45, 7) is 1.78. The second-order valence-corrected chi connectivity index (χ2v) is 7.15. The van der Waals surface area contributed by atoms with Gasteiger partial charge in [-0.1, -0.05) is 35.0 Å². The Morgan fingerprint density at radius 1 is 1.10 bits per heavy atom. The van der Waals surface area contributed by atoms with Gasteiger partial charge in [-0.2, -0.15) is 5.21 Å². The molecule has 2 aromatic heterocycles. The van der Waals surface area contributed by atoms with Crippen molar-refractivity contribution < 1.29 is 9.59 Å². The zero-order valence-electron chi connectivity index (χ0n) is 15.3. The summed E-state index contributed by atoms with van der Waals surface area (Å²) in [7, 11) is 0. The molecule has 9 nitrogen and oxygen atoms in total. The number of fused-ring (bicyclic) bond motifs is 1. The normalized spacial score (nSPS) is 10.8. The number of nitrogens with zero attached hydrogens (tertiary/aromatic N) is 3. The number of amides is 2. The second-order valence-electron chi connectivity index (χ2n) is 6.23. The first-order valence-corrected chi connectivity index (χ1v) is 9.60. The van der Waals surface area contributed by atoms with Crippen molar-refractivity contribution in [3.63, 3.8) is 0 Å². The van der Waals surface area contributed by atoms with E-state index in [1.807, 2.05) is 18.2 Å². The number of halogens is 1. The molecule has 0 aliphatic rings. The van der Waals surface area contributed by atoms with E-state index in [-0.39, 0.29) is 11.8 Å². The molecule has 4 aromatic rings. The Balaban J connectivity index is 1.65. The molecular weight excluding hydrogens is 438 g/mol. The number of rotatable bonds is 5. The molecule has 10 heteroatoms. The van der Waals surface area contributed by atoms with Crippen LogP contribution in [0, 0.1) is 0 Å². The van der Waals surface area contributed by atoms with Crippen LogP contribution >= 0.6 is 15.9 Å². The first kappa shape index (κ1) is 18.8. The van der Waals surface area contributed by atoms with Gasteiger partial charge >= 0.3 is 0 Å². The molecule has 0 saturated heterocycles. The molecule has 0 atom stereocenters. The summed E-state index contributed by atoms with van der Waals surface area (Å²) in [5.41, 5.74) is 2.84. The summed E-state index contributed by atoms with van der Waals surface area (Å²) < 4.78 is 0.817. The maximum absolute atomic E-state index is 12.9. The van der Waals surface area contributed by atoms with E-state index in [2.05, 4.69) is 52.2 Å². The Kier molecular flexibility index (Phi) is 5.09. The molecule has 0 saturated carbocycles. The van der Waals surface area contributed by atoms with Crippen molar-refractivity contribution in [2.24, 2.45) is 0 Å². The van der Waals surface area contributed by atoms with Crippen molar-refractivity contribution in [2.45, 2.75) is 13.3 Å². The summed E-state index contributed by atoms with van der Waals surface area (Å²) in [5.74, 6) is -0.0680. The van der Waals surface area contributed by atoms with Gasteiger partial charge in [0.1, 0.15) is 5.69 Å². The third-order valence-corrected chi connectivity index (χ3v) is 4.81. The Bertz CT molecular complexity index is 1200. The van der Waals surface area contributed by atoms with Gasteiger partial charge in [-0.25, -0.2) is 0 Å². The van der Waals surface area contributed by atoms with Gasteiger partial charge in [-0.15, -0.1) is 10.2 Å². The lowest BCUT2D eigenvalue weighted by molar-refractivity contribution is -0.115. The average Bonchev–Trinajstić information content (AvgIpc) is 3.39. The second kappa shape index (κ2) is 7.84. The third-order valence-electron chi connectivity index (χ3n) is 4.31. The van der Waals surface area contributed by atoms with Gasteiger partial charge < -0.3 is 15.6 Å². The van der Waals surface area contributed by atoms with Crippen molar-refractivity contribution >= 4 is 50.0 Å². The molecule has 0 bridgehead atoms. The number of H-pyrrole nitrogens is 2. The van der Waals surface area contributed by atoms with E-state index in [0.29, 0.717) is 40.4 Å². The van der Waals surface area contributed by atoms with E-state index in [1.54, 1.807) is 31.2 Å². The van der Waals surface area contributed by atoms with E-state index >= 15 is 0 Å². The number of hydrogen-bond acceptors (Lipinski definition) is 5. The molecule has 2 amide bonds. The minimum atomic E-state index is -0.332. The van der Waals surface area contributed by atoms with Gasteiger partial charge in [0.15, 0.2) is 0 Å². The largest absolute Gasteiger partial charge is 0.349 e. The molecule has 0 unspecified atom stereocenters. The maximum Gasteiger partial charge on any atom is 0.272 e. The zero-order valence-corrected chi connectivity index (χ0v) is 16.9. The van der Waals surface area contributed by atoms with Gasteiger partial charge in [-0.3, -0.25) is 9.59 Å². The molecule has 0 aliphatic carbocycles. The summed E-state index contributed by atoms with van der Waals surface area (Å²) in [4.78, 5) is 27.7. The van der Waals surface area contributed by atoms with Gasteiger partial charge in [0, 0.05) is 21.8 Å². The molecule has 0 spiro atoms. The van der Waals surface area contributed by atoms with E-state index in [0.717, 1.165) is 9.86 Å². The maximum atomic E-state index is 12.9. The van der Waals surface area contributed by atoms with Gasteiger partial charge in [-0.05, 0) is 35.5 Å². The lowest BCUT2D eigenvalue weighted by atomic mass is 10.1. The number of tetrazole rings is 1. The molecule has 2 aromatic carbocycles. The van der Waals surface area contributed by atoms with Crippen molar-refractivity contribution in [1.82, 2.24) is 25.6 Å². The molecule has 4 N–H and O–H groups in total. The van der Waals surface area contributed by atoms with Crippen LogP contribution in [0.4, 0.5) is 11.4 Å². The third kappa shape index (κ3) is 3.87. The molecule has 4 rings (SSSR count). The van der Waals surface area contributed by atoms with Gasteiger partial charge in [0.05, 0.1) is 16.9 Å². The van der Waals surface area contributed by atoms with Crippen molar-refractivity contribution in [2.75, 3.05) is 10.6 Å². The van der Waals surface area contributed by atoms with Crippen LogP contribution in [0.5, 0.6) is 0 Å². The lowest BCUT2D eigenvalue weighted by Gasteiger charge is -2.08. The number of carbonyl (C=O) groups excluding carboxylic acids is 2. The number of para-hydroxylation sites is 1. The highest BCUT2D eigenvalue weighted by Crippen LogP contribution is 2.29. The predicted molar refractivity (Wildman–Crippen MR) is 112 cm³/mol. The van der Waals surface area contributed by atoms with Crippen LogP contribution in [-0.4, -0.2) is 37.4 Å². The summed E-state index contributed by atoms with van der Waals surface area (Å²) >= 11 is 3.41. The fourth-order valence-corrected chi connectivity index (χ4v) is 3.26. The minimum Gasteiger partial charge on any atom is -0.349 e. The van der Waals surface area contributed by atoms with Crippen LogP contribution < -0.4 is 10.6 Å².